The third kappa shape index (κ3) is 3.01. The van der Waals surface area contributed by atoms with E-state index in [1.807, 2.05) is 18.2 Å². The number of carbonyl (C=O) groups is 3. The van der Waals surface area contributed by atoms with Crippen LogP contribution in [0.3, 0.4) is 0 Å². The van der Waals surface area contributed by atoms with Gasteiger partial charge in [0.2, 0.25) is 5.91 Å². The predicted octanol–water partition coefficient (Wildman–Crippen LogP) is 1.77. The standard InChI is InChI=1S/C21H25N3O3/c25-17(22-18(14-5-6-14)15-7-8-15)12-24-19(26)21(23-20(24)27)10-9-13-3-1-2-4-16(13)11-21/h1-4,14-15,18H,5-12H2,(H,22,25)(H,23,27). The molecule has 2 saturated carbocycles. The molecular formula is C21H25N3O3. The molecule has 3 fully saturated rings. The molecule has 1 unspecified atom stereocenters. The van der Waals surface area contributed by atoms with Gasteiger partial charge in [-0.2, -0.15) is 0 Å². The van der Waals surface area contributed by atoms with Gasteiger partial charge in [0.1, 0.15) is 12.1 Å². The first-order valence-corrected chi connectivity index (χ1v) is 10.1. The van der Waals surface area contributed by atoms with Gasteiger partial charge in [0.05, 0.1) is 0 Å². The van der Waals surface area contributed by atoms with Gasteiger partial charge in [-0.3, -0.25) is 14.5 Å². The van der Waals surface area contributed by atoms with Crippen LogP contribution in [-0.4, -0.2) is 40.9 Å². The lowest BCUT2D eigenvalue weighted by molar-refractivity contribution is -0.135. The minimum absolute atomic E-state index is 0.177. The largest absolute Gasteiger partial charge is 0.351 e. The number of hydrogen-bond acceptors (Lipinski definition) is 3. The number of carbonyl (C=O) groups excluding carboxylic acids is 3. The molecule has 1 aromatic rings. The van der Waals surface area contributed by atoms with Crippen LogP contribution in [-0.2, 0) is 22.4 Å². The van der Waals surface area contributed by atoms with Gasteiger partial charge >= 0.3 is 6.03 Å². The van der Waals surface area contributed by atoms with Crippen molar-refractivity contribution < 1.29 is 14.4 Å². The zero-order valence-electron chi connectivity index (χ0n) is 15.4. The average Bonchev–Trinajstić information content (AvgIpc) is 3.55. The summed E-state index contributed by atoms with van der Waals surface area (Å²) in [6, 6.07) is 7.84. The lowest BCUT2D eigenvalue weighted by Gasteiger charge is -2.32. The van der Waals surface area contributed by atoms with E-state index in [0.717, 1.165) is 16.9 Å². The molecule has 2 N–H and O–H groups in total. The number of nitrogens with one attached hydrogen (secondary N) is 2. The molecule has 1 aliphatic heterocycles. The van der Waals surface area contributed by atoms with Crippen molar-refractivity contribution in [3.8, 4) is 0 Å². The second-order valence-electron chi connectivity index (χ2n) is 8.62. The summed E-state index contributed by atoms with van der Waals surface area (Å²) in [7, 11) is 0. The fourth-order valence-electron chi connectivity index (χ4n) is 4.75. The van der Waals surface area contributed by atoms with Gasteiger partial charge in [-0.05, 0) is 61.5 Å². The van der Waals surface area contributed by atoms with E-state index >= 15 is 0 Å². The summed E-state index contributed by atoms with van der Waals surface area (Å²) in [5.41, 5.74) is 1.45. The number of amides is 4. The van der Waals surface area contributed by atoms with Crippen LogP contribution >= 0.6 is 0 Å². The maximum atomic E-state index is 13.1. The number of imide groups is 1. The first-order chi connectivity index (χ1) is 13.1. The molecule has 0 bridgehead atoms. The molecule has 1 spiro atoms. The maximum absolute atomic E-state index is 13.1. The molecule has 1 heterocycles. The topological polar surface area (TPSA) is 78.5 Å². The van der Waals surface area contributed by atoms with Crippen LogP contribution in [0.1, 0.15) is 43.2 Å². The van der Waals surface area contributed by atoms with Crippen LogP contribution < -0.4 is 10.6 Å². The van der Waals surface area contributed by atoms with Gasteiger partial charge in [0.15, 0.2) is 0 Å². The van der Waals surface area contributed by atoms with Crippen LogP contribution in [0.4, 0.5) is 4.79 Å². The molecule has 4 aliphatic rings. The van der Waals surface area contributed by atoms with E-state index in [1.165, 1.54) is 31.2 Å². The first kappa shape index (κ1) is 16.8. The van der Waals surface area contributed by atoms with E-state index < -0.39 is 11.6 Å². The Morgan fingerprint density at radius 2 is 1.81 bits per heavy atom. The van der Waals surface area contributed by atoms with E-state index in [9.17, 15) is 14.4 Å². The monoisotopic (exact) mass is 367 g/mol. The lowest BCUT2D eigenvalue weighted by atomic mass is 9.78. The number of aryl methyl sites for hydroxylation is 1. The van der Waals surface area contributed by atoms with Crippen molar-refractivity contribution in [3.63, 3.8) is 0 Å². The number of rotatable bonds is 5. The molecule has 0 radical (unpaired) electrons. The summed E-state index contributed by atoms with van der Waals surface area (Å²) in [6.45, 7) is -0.177. The molecule has 0 aromatic heterocycles. The Bertz CT molecular complexity index is 803. The van der Waals surface area contributed by atoms with Crippen LogP contribution in [0.5, 0.6) is 0 Å². The highest BCUT2D eigenvalue weighted by atomic mass is 16.2. The predicted molar refractivity (Wildman–Crippen MR) is 98.8 cm³/mol. The van der Waals surface area contributed by atoms with Crippen molar-refractivity contribution >= 4 is 17.8 Å². The minimum atomic E-state index is -0.891. The highest BCUT2D eigenvalue weighted by Crippen LogP contribution is 2.44. The van der Waals surface area contributed by atoms with Crippen molar-refractivity contribution in [2.45, 2.75) is 56.5 Å². The third-order valence-corrected chi connectivity index (χ3v) is 6.57. The Hall–Kier alpha value is -2.37. The zero-order chi connectivity index (χ0) is 18.6. The van der Waals surface area contributed by atoms with Gasteiger partial charge in [-0.25, -0.2) is 4.79 Å². The third-order valence-electron chi connectivity index (χ3n) is 6.57. The summed E-state index contributed by atoms with van der Waals surface area (Å²) in [6.07, 6.45) is 6.53. The second kappa shape index (κ2) is 6.08. The highest BCUT2D eigenvalue weighted by Gasteiger charge is 2.53. The first-order valence-electron chi connectivity index (χ1n) is 10.1. The minimum Gasteiger partial charge on any atom is -0.351 e. The normalized spacial score (nSPS) is 27.1. The van der Waals surface area contributed by atoms with Gasteiger partial charge in [-0.1, -0.05) is 24.3 Å². The van der Waals surface area contributed by atoms with Gasteiger partial charge in [-0.15, -0.1) is 0 Å². The maximum Gasteiger partial charge on any atom is 0.325 e. The van der Waals surface area contributed by atoms with Gasteiger partial charge in [0, 0.05) is 12.5 Å². The van der Waals surface area contributed by atoms with Gasteiger partial charge in [0.25, 0.3) is 5.91 Å². The van der Waals surface area contributed by atoms with E-state index in [4.69, 9.17) is 0 Å². The van der Waals surface area contributed by atoms with E-state index in [0.29, 0.717) is 24.7 Å². The molecule has 1 saturated heterocycles. The van der Waals surface area contributed by atoms with E-state index in [1.54, 1.807) is 0 Å². The number of urea groups is 1. The molecule has 5 rings (SSSR count). The van der Waals surface area contributed by atoms with Gasteiger partial charge < -0.3 is 10.6 Å². The van der Waals surface area contributed by atoms with Crippen LogP contribution in [0.25, 0.3) is 0 Å². The molecule has 142 valence electrons. The fraction of sp³-hybridized carbons (Fsp3) is 0.571. The van der Waals surface area contributed by atoms with Crippen molar-refractivity contribution in [2.75, 3.05) is 6.54 Å². The summed E-state index contributed by atoms with van der Waals surface area (Å²) >= 11 is 0. The van der Waals surface area contributed by atoms with Crippen LogP contribution in [0.15, 0.2) is 24.3 Å². The smallest absolute Gasteiger partial charge is 0.325 e. The van der Waals surface area contributed by atoms with Crippen LogP contribution in [0.2, 0.25) is 0 Å². The number of nitrogens with zero attached hydrogens (tertiary/aromatic N) is 1. The van der Waals surface area contributed by atoms with E-state index in [-0.39, 0.29) is 24.4 Å². The molecule has 1 atom stereocenters. The number of hydrogen-bond donors (Lipinski definition) is 2. The Kier molecular flexibility index (Phi) is 3.78. The van der Waals surface area contributed by atoms with Crippen molar-refractivity contribution in [1.29, 1.82) is 0 Å². The summed E-state index contributed by atoms with van der Waals surface area (Å²) in [5, 5.41) is 6.00. The van der Waals surface area contributed by atoms with E-state index in [2.05, 4.69) is 16.7 Å². The lowest BCUT2D eigenvalue weighted by Crippen LogP contribution is -2.52. The Balaban J connectivity index is 1.28. The molecule has 4 amide bonds. The van der Waals surface area contributed by atoms with Crippen molar-refractivity contribution in [2.24, 2.45) is 11.8 Å². The summed E-state index contributed by atoms with van der Waals surface area (Å²) in [4.78, 5) is 39.2. The molecule has 27 heavy (non-hydrogen) atoms. The fourth-order valence-corrected chi connectivity index (χ4v) is 4.75. The van der Waals surface area contributed by atoms with Crippen LogP contribution in [0, 0.1) is 11.8 Å². The Morgan fingerprint density at radius 3 is 2.48 bits per heavy atom. The number of fused-ring (bicyclic) bond motifs is 1. The number of benzene rings is 1. The van der Waals surface area contributed by atoms with Crippen molar-refractivity contribution in [3.05, 3.63) is 35.4 Å². The molecular weight excluding hydrogens is 342 g/mol. The molecule has 1 aromatic carbocycles. The molecule has 6 nitrogen and oxygen atoms in total. The highest BCUT2D eigenvalue weighted by molar-refractivity contribution is 6.09. The van der Waals surface area contributed by atoms with Crippen molar-refractivity contribution in [1.82, 2.24) is 15.5 Å². The summed E-state index contributed by atoms with van der Waals surface area (Å²) < 4.78 is 0. The summed E-state index contributed by atoms with van der Waals surface area (Å²) in [5.74, 6) is 0.707. The average molecular weight is 367 g/mol. The second-order valence-corrected chi connectivity index (χ2v) is 8.62. The SMILES string of the molecule is O=C(CN1C(=O)NC2(CCc3ccccc3C2)C1=O)NC(C1CC1)C1CC1. The molecule has 6 heteroatoms. The Labute approximate surface area is 158 Å². The molecule has 3 aliphatic carbocycles. The Morgan fingerprint density at radius 1 is 1.15 bits per heavy atom. The quantitative estimate of drug-likeness (QED) is 0.779. The zero-order valence-corrected chi connectivity index (χ0v) is 15.4.